The monoisotopic (exact) mass is 341 g/mol. The Morgan fingerprint density at radius 1 is 1.38 bits per heavy atom. The molecule has 1 saturated heterocycles. The molecule has 0 saturated carbocycles. The highest BCUT2D eigenvalue weighted by molar-refractivity contribution is 5.94. The predicted octanol–water partition coefficient (Wildman–Crippen LogP) is 0.969. The molecule has 3 rings (SSSR count). The maximum atomic E-state index is 13.0. The zero-order chi connectivity index (χ0) is 17.4. The molecule has 24 heavy (non-hydrogen) atoms. The van der Waals surface area contributed by atoms with Crippen LogP contribution in [0, 0.1) is 0 Å². The van der Waals surface area contributed by atoms with Crippen molar-refractivity contribution < 1.29 is 23.1 Å². The molecule has 2 aromatic rings. The quantitative estimate of drug-likeness (QED) is 0.899. The Morgan fingerprint density at radius 3 is 2.83 bits per heavy atom. The van der Waals surface area contributed by atoms with Gasteiger partial charge in [-0.1, -0.05) is 5.21 Å². The van der Waals surface area contributed by atoms with E-state index in [1.54, 1.807) is 6.20 Å². The number of aliphatic hydroxyl groups is 1. The first-order chi connectivity index (χ1) is 11.3. The Hall–Kier alpha value is -2.49. The lowest BCUT2D eigenvalue weighted by Gasteiger charge is -2.23. The van der Waals surface area contributed by atoms with Gasteiger partial charge in [0.1, 0.15) is 11.3 Å². The van der Waals surface area contributed by atoms with E-state index in [4.69, 9.17) is 0 Å². The van der Waals surface area contributed by atoms with Gasteiger partial charge in [0, 0.05) is 18.9 Å². The third-order valence-corrected chi connectivity index (χ3v) is 3.86. The summed E-state index contributed by atoms with van der Waals surface area (Å²) >= 11 is 0. The van der Waals surface area contributed by atoms with Crippen LogP contribution in [0.3, 0.4) is 0 Å². The molecule has 3 heterocycles. The summed E-state index contributed by atoms with van der Waals surface area (Å²) in [5.41, 5.74) is -3.01. The molecule has 1 fully saturated rings. The van der Waals surface area contributed by atoms with Crippen molar-refractivity contribution in [2.24, 2.45) is 0 Å². The number of amides is 1. The molecule has 128 valence electrons. The van der Waals surface area contributed by atoms with Crippen molar-refractivity contribution in [3.63, 3.8) is 0 Å². The minimum absolute atomic E-state index is 0.0977. The van der Waals surface area contributed by atoms with E-state index in [-0.39, 0.29) is 26.1 Å². The summed E-state index contributed by atoms with van der Waals surface area (Å²) in [6.07, 6.45) is -0.295. The Labute approximate surface area is 134 Å². The van der Waals surface area contributed by atoms with Gasteiger partial charge in [-0.05, 0) is 18.6 Å². The summed E-state index contributed by atoms with van der Waals surface area (Å²) in [5, 5.41) is 17.9. The average molecular weight is 341 g/mol. The van der Waals surface area contributed by atoms with Gasteiger partial charge in [-0.3, -0.25) is 9.78 Å². The third-order valence-electron chi connectivity index (χ3n) is 3.86. The van der Waals surface area contributed by atoms with Gasteiger partial charge in [-0.2, -0.15) is 13.2 Å². The number of hydrogen-bond acceptors (Lipinski definition) is 5. The number of likely N-dealkylation sites (tertiary alicyclic amines) is 1. The fraction of sp³-hybridized carbons (Fsp3) is 0.429. The number of nitrogens with zero attached hydrogens (tertiary/aromatic N) is 5. The number of aromatic nitrogens is 4. The van der Waals surface area contributed by atoms with E-state index in [0.29, 0.717) is 0 Å². The maximum Gasteiger partial charge on any atom is 0.418 e. The van der Waals surface area contributed by atoms with Gasteiger partial charge in [0.2, 0.25) is 0 Å². The Morgan fingerprint density at radius 2 is 2.17 bits per heavy atom. The molecule has 10 heteroatoms. The molecule has 1 aliphatic heterocycles. The summed E-state index contributed by atoms with van der Waals surface area (Å²) in [7, 11) is 0. The molecule has 0 bridgehead atoms. The Balaban J connectivity index is 1.78. The molecule has 1 unspecified atom stereocenters. The Kier molecular flexibility index (Phi) is 3.99. The lowest BCUT2D eigenvalue weighted by atomic mass is 10.0. The first-order valence-electron chi connectivity index (χ1n) is 7.16. The van der Waals surface area contributed by atoms with Crippen LogP contribution in [-0.4, -0.2) is 54.6 Å². The van der Waals surface area contributed by atoms with Crippen molar-refractivity contribution >= 4 is 5.91 Å². The second kappa shape index (κ2) is 5.86. The van der Waals surface area contributed by atoms with Crippen LogP contribution in [-0.2, 0) is 12.7 Å². The lowest BCUT2D eigenvalue weighted by molar-refractivity contribution is -0.138. The molecule has 1 amide bonds. The van der Waals surface area contributed by atoms with Gasteiger partial charge < -0.3 is 10.0 Å². The topological polar surface area (TPSA) is 84.1 Å². The van der Waals surface area contributed by atoms with E-state index in [0.717, 1.165) is 18.3 Å². The fourth-order valence-electron chi connectivity index (χ4n) is 2.73. The van der Waals surface area contributed by atoms with Gasteiger partial charge >= 0.3 is 6.18 Å². The van der Waals surface area contributed by atoms with Crippen LogP contribution in [0.5, 0.6) is 0 Å². The van der Waals surface area contributed by atoms with Crippen molar-refractivity contribution in [2.45, 2.75) is 24.7 Å². The van der Waals surface area contributed by atoms with E-state index < -0.39 is 28.9 Å². The number of carbonyl (C=O) groups is 1. The molecule has 0 radical (unpaired) electrons. The molecule has 0 aliphatic carbocycles. The van der Waals surface area contributed by atoms with Crippen molar-refractivity contribution in [2.75, 3.05) is 13.1 Å². The number of rotatable bonds is 3. The number of pyridine rings is 1. The summed E-state index contributed by atoms with van der Waals surface area (Å²) < 4.78 is 40.5. The van der Waals surface area contributed by atoms with Crippen LogP contribution in [0.2, 0.25) is 0 Å². The minimum atomic E-state index is -4.67. The minimum Gasteiger partial charge on any atom is -0.386 e. The van der Waals surface area contributed by atoms with Crippen LogP contribution in [0.4, 0.5) is 13.2 Å². The summed E-state index contributed by atoms with van der Waals surface area (Å²) in [6, 6.07) is 1.95. The van der Waals surface area contributed by atoms with Crippen molar-refractivity contribution in [1.82, 2.24) is 24.9 Å². The number of alkyl halides is 3. The number of carbonyl (C=O) groups excluding carboxylic acids is 1. The first kappa shape index (κ1) is 16.4. The lowest BCUT2D eigenvalue weighted by Crippen LogP contribution is -2.40. The van der Waals surface area contributed by atoms with Crippen molar-refractivity contribution in [3.8, 4) is 0 Å². The van der Waals surface area contributed by atoms with E-state index >= 15 is 0 Å². The summed E-state index contributed by atoms with van der Waals surface area (Å²) in [5.74, 6) is -0.850. The van der Waals surface area contributed by atoms with Crippen LogP contribution >= 0.6 is 0 Å². The molecule has 1 aliphatic rings. The summed E-state index contributed by atoms with van der Waals surface area (Å²) in [4.78, 5) is 17.2. The highest BCUT2D eigenvalue weighted by atomic mass is 19.4. The van der Waals surface area contributed by atoms with Gasteiger partial charge in [-0.25, -0.2) is 4.68 Å². The molecule has 1 N–H and O–H groups in total. The smallest absolute Gasteiger partial charge is 0.386 e. The van der Waals surface area contributed by atoms with Gasteiger partial charge in [-0.15, -0.1) is 5.10 Å². The predicted molar refractivity (Wildman–Crippen MR) is 74.7 cm³/mol. The standard InChI is InChI=1S/C14H14F3N5O2/c15-14(16,17)10-2-1-4-18-11(10)12(23)21-6-3-13(24,8-21)9-22-7-5-19-20-22/h1-2,4-5,7,24H,3,6,8-9H2. The van der Waals surface area contributed by atoms with Crippen LogP contribution < -0.4 is 0 Å². The van der Waals surface area contributed by atoms with Gasteiger partial charge in [0.15, 0.2) is 0 Å². The highest BCUT2D eigenvalue weighted by Gasteiger charge is 2.42. The van der Waals surface area contributed by atoms with Crippen LogP contribution in [0.1, 0.15) is 22.5 Å². The second-order valence-electron chi connectivity index (χ2n) is 5.70. The largest absolute Gasteiger partial charge is 0.418 e. The van der Waals surface area contributed by atoms with Gasteiger partial charge in [0.25, 0.3) is 5.91 Å². The molecule has 2 aromatic heterocycles. The number of halogens is 3. The highest BCUT2D eigenvalue weighted by Crippen LogP contribution is 2.32. The van der Waals surface area contributed by atoms with Crippen LogP contribution in [0.15, 0.2) is 30.7 Å². The normalized spacial score (nSPS) is 21.2. The first-order valence-corrected chi connectivity index (χ1v) is 7.16. The van der Waals surface area contributed by atoms with Crippen LogP contribution in [0.25, 0.3) is 0 Å². The van der Waals surface area contributed by atoms with E-state index in [1.165, 1.54) is 15.8 Å². The number of β-amino-alcohol motifs (C(OH)–C–C–N with tert-alkyl or cyclic N) is 1. The fourth-order valence-corrected chi connectivity index (χ4v) is 2.73. The SMILES string of the molecule is O=C(c1ncccc1C(F)(F)F)N1CCC(O)(Cn2ccnn2)C1. The zero-order valence-corrected chi connectivity index (χ0v) is 12.4. The molecule has 7 nitrogen and oxygen atoms in total. The molecule has 1 atom stereocenters. The van der Waals surface area contributed by atoms with E-state index in [9.17, 15) is 23.1 Å². The van der Waals surface area contributed by atoms with Crippen molar-refractivity contribution in [1.29, 1.82) is 0 Å². The molecular formula is C14H14F3N5O2. The summed E-state index contributed by atoms with van der Waals surface area (Å²) in [6.45, 7) is 0.141. The zero-order valence-electron chi connectivity index (χ0n) is 12.4. The van der Waals surface area contributed by atoms with E-state index in [2.05, 4.69) is 15.3 Å². The molecule has 0 aromatic carbocycles. The molecular weight excluding hydrogens is 327 g/mol. The maximum absolute atomic E-state index is 13.0. The Bertz CT molecular complexity index is 734. The van der Waals surface area contributed by atoms with Gasteiger partial charge in [0.05, 0.1) is 24.8 Å². The average Bonchev–Trinajstić information content (AvgIpc) is 3.16. The second-order valence-corrected chi connectivity index (χ2v) is 5.70. The molecule has 0 spiro atoms. The van der Waals surface area contributed by atoms with E-state index in [1.807, 2.05) is 0 Å². The number of hydrogen-bond donors (Lipinski definition) is 1. The van der Waals surface area contributed by atoms with Crippen molar-refractivity contribution in [3.05, 3.63) is 42.0 Å². The third kappa shape index (κ3) is 3.23.